The smallest absolute Gasteiger partial charge is 0.264 e. The number of rotatable bonds is 3. The molecule has 0 radical (unpaired) electrons. The van der Waals surface area contributed by atoms with Gasteiger partial charge in [0.2, 0.25) is 0 Å². The van der Waals surface area contributed by atoms with Gasteiger partial charge in [-0.2, -0.15) is 0 Å². The molecule has 2 heterocycles. The monoisotopic (exact) mass is 318 g/mol. The highest BCUT2D eigenvalue weighted by atomic mass is 32.1. The van der Waals surface area contributed by atoms with Gasteiger partial charge in [0.25, 0.3) is 5.91 Å². The number of amides is 1. The van der Waals surface area contributed by atoms with E-state index in [-0.39, 0.29) is 17.8 Å². The first kappa shape index (κ1) is 15.2. The minimum atomic E-state index is -0.254. The van der Waals surface area contributed by atoms with Crippen LogP contribution in [0.25, 0.3) is 11.1 Å². The molecule has 22 heavy (non-hydrogen) atoms. The normalized spacial score (nSPS) is 18.0. The van der Waals surface area contributed by atoms with E-state index in [9.17, 15) is 9.18 Å². The fourth-order valence-electron chi connectivity index (χ4n) is 2.99. The SMILES string of the molecule is Cc1sc(C(=O)N2CCC[C@H]2CN)cc1-c1ccc(F)cc1. The van der Waals surface area contributed by atoms with Gasteiger partial charge in [-0.25, -0.2) is 4.39 Å². The highest BCUT2D eigenvalue weighted by Gasteiger charge is 2.29. The van der Waals surface area contributed by atoms with Crippen LogP contribution in [0, 0.1) is 12.7 Å². The zero-order chi connectivity index (χ0) is 15.7. The number of aryl methyl sites for hydroxylation is 1. The van der Waals surface area contributed by atoms with Crippen molar-refractivity contribution in [2.24, 2.45) is 5.73 Å². The zero-order valence-electron chi connectivity index (χ0n) is 12.5. The molecule has 1 atom stereocenters. The standard InChI is InChI=1S/C17H19FN2OS/c1-11-15(12-4-6-13(18)7-5-12)9-16(22-11)17(21)20-8-2-3-14(20)10-19/h4-7,9,14H,2-3,8,10,19H2,1H3/t14-/m0/s1. The van der Waals surface area contributed by atoms with E-state index in [0.29, 0.717) is 6.54 Å². The molecule has 1 amide bonds. The third kappa shape index (κ3) is 2.78. The van der Waals surface area contributed by atoms with E-state index >= 15 is 0 Å². The van der Waals surface area contributed by atoms with Crippen LogP contribution in [-0.4, -0.2) is 29.9 Å². The van der Waals surface area contributed by atoms with Crippen LogP contribution in [0.4, 0.5) is 4.39 Å². The van der Waals surface area contributed by atoms with Gasteiger partial charge in [0, 0.05) is 24.0 Å². The molecule has 2 aromatic rings. The van der Waals surface area contributed by atoms with Gasteiger partial charge >= 0.3 is 0 Å². The minimum absolute atomic E-state index is 0.0643. The first-order valence-electron chi connectivity index (χ1n) is 7.47. The van der Waals surface area contributed by atoms with E-state index in [4.69, 9.17) is 5.73 Å². The Kier molecular flexibility index (Phi) is 4.27. The van der Waals surface area contributed by atoms with Crippen molar-refractivity contribution in [2.45, 2.75) is 25.8 Å². The Hall–Kier alpha value is -1.72. The number of carbonyl (C=O) groups is 1. The molecule has 0 bridgehead atoms. The Morgan fingerprint density at radius 3 is 2.82 bits per heavy atom. The molecule has 5 heteroatoms. The molecule has 1 saturated heterocycles. The summed E-state index contributed by atoms with van der Waals surface area (Å²) in [6, 6.07) is 8.46. The molecule has 1 fully saturated rings. The molecule has 2 N–H and O–H groups in total. The molecule has 1 aliphatic heterocycles. The highest BCUT2D eigenvalue weighted by Crippen LogP contribution is 2.32. The molecule has 116 valence electrons. The topological polar surface area (TPSA) is 46.3 Å². The average molecular weight is 318 g/mol. The van der Waals surface area contributed by atoms with Crippen LogP contribution in [0.5, 0.6) is 0 Å². The number of hydrogen-bond donors (Lipinski definition) is 1. The number of hydrogen-bond acceptors (Lipinski definition) is 3. The maximum absolute atomic E-state index is 13.1. The van der Waals surface area contributed by atoms with Crippen molar-refractivity contribution >= 4 is 17.2 Å². The minimum Gasteiger partial charge on any atom is -0.334 e. The molecule has 0 unspecified atom stereocenters. The summed E-state index contributed by atoms with van der Waals surface area (Å²) in [5.41, 5.74) is 7.69. The van der Waals surface area contributed by atoms with Crippen molar-refractivity contribution in [2.75, 3.05) is 13.1 Å². The summed E-state index contributed by atoms with van der Waals surface area (Å²) in [7, 11) is 0. The fourth-order valence-corrected chi connectivity index (χ4v) is 3.99. The summed E-state index contributed by atoms with van der Waals surface area (Å²) in [6.45, 7) is 3.29. The molecule has 0 saturated carbocycles. The van der Waals surface area contributed by atoms with E-state index < -0.39 is 0 Å². The lowest BCUT2D eigenvalue weighted by Crippen LogP contribution is -2.39. The predicted octanol–water partition coefficient (Wildman–Crippen LogP) is 3.43. The third-order valence-corrected chi connectivity index (χ3v) is 5.23. The van der Waals surface area contributed by atoms with Crippen molar-refractivity contribution in [1.82, 2.24) is 4.90 Å². The van der Waals surface area contributed by atoms with Gasteiger partial charge in [0.1, 0.15) is 5.82 Å². The van der Waals surface area contributed by atoms with Crippen molar-refractivity contribution in [3.63, 3.8) is 0 Å². The van der Waals surface area contributed by atoms with Gasteiger partial charge < -0.3 is 10.6 Å². The summed E-state index contributed by atoms with van der Waals surface area (Å²) in [5, 5.41) is 0. The number of nitrogens with zero attached hydrogens (tertiary/aromatic N) is 1. The van der Waals surface area contributed by atoms with Gasteiger partial charge in [0.05, 0.1) is 4.88 Å². The van der Waals surface area contributed by atoms with E-state index in [0.717, 1.165) is 40.3 Å². The maximum atomic E-state index is 13.1. The summed E-state index contributed by atoms with van der Waals surface area (Å²) >= 11 is 1.50. The van der Waals surface area contributed by atoms with E-state index in [2.05, 4.69) is 0 Å². The Morgan fingerprint density at radius 2 is 2.14 bits per heavy atom. The summed E-state index contributed by atoms with van der Waals surface area (Å²) < 4.78 is 13.1. The first-order chi connectivity index (χ1) is 10.6. The molecule has 0 aliphatic carbocycles. The van der Waals surface area contributed by atoms with Crippen molar-refractivity contribution < 1.29 is 9.18 Å². The molecule has 3 nitrogen and oxygen atoms in total. The number of carbonyl (C=O) groups excluding carboxylic acids is 1. The van der Waals surface area contributed by atoms with Gasteiger partial charge in [-0.3, -0.25) is 4.79 Å². The van der Waals surface area contributed by atoms with Gasteiger partial charge in [-0.1, -0.05) is 12.1 Å². The van der Waals surface area contributed by atoms with Gasteiger partial charge in [0.15, 0.2) is 0 Å². The largest absolute Gasteiger partial charge is 0.334 e. The third-order valence-electron chi connectivity index (χ3n) is 4.19. The van der Waals surface area contributed by atoms with Crippen molar-refractivity contribution in [1.29, 1.82) is 0 Å². The Bertz CT molecular complexity index is 680. The Balaban J connectivity index is 1.88. The molecule has 3 rings (SSSR count). The Morgan fingerprint density at radius 1 is 1.41 bits per heavy atom. The molecular formula is C17H19FN2OS. The number of halogens is 1. The van der Waals surface area contributed by atoms with Gasteiger partial charge in [-0.05, 0) is 49.1 Å². The number of thiophene rings is 1. The molecule has 1 aromatic carbocycles. The van der Waals surface area contributed by atoms with E-state index in [1.54, 1.807) is 12.1 Å². The lowest BCUT2D eigenvalue weighted by molar-refractivity contribution is 0.0746. The second kappa shape index (κ2) is 6.18. The van der Waals surface area contributed by atoms with Crippen molar-refractivity contribution in [3.8, 4) is 11.1 Å². The number of benzene rings is 1. The van der Waals surface area contributed by atoms with Crippen LogP contribution >= 0.6 is 11.3 Å². The second-order valence-corrected chi connectivity index (χ2v) is 6.87. The van der Waals surface area contributed by atoms with Crippen LogP contribution < -0.4 is 5.73 Å². The van der Waals surface area contributed by atoms with E-state index in [1.165, 1.54) is 23.5 Å². The summed E-state index contributed by atoms with van der Waals surface area (Å²) in [4.78, 5) is 16.4. The fraction of sp³-hybridized carbons (Fsp3) is 0.353. The quantitative estimate of drug-likeness (QED) is 0.942. The predicted molar refractivity (Wildman–Crippen MR) is 87.6 cm³/mol. The molecule has 0 spiro atoms. The van der Waals surface area contributed by atoms with Crippen LogP contribution in [0.2, 0.25) is 0 Å². The first-order valence-corrected chi connectivity index (χ1v) is 8.29. The molecular weight excluding hydrogens is 299 g/mol. The van der Waals surface area contributed by atoms with Crippen LogP contribution in [-0.2, 0) is 0 Å². The molecule has 1 aromatic heterocycles. The second-order valence-electron chi connectivity index (χ2n) is 5.62. The molecule has 1 aliphatic rings. The van der Waals surface area contributed by atoms with Crippen molar-refractivity contribution in [3.05, 3.63) is 45.9 Å². The summed E-state index contributed by atoms with van der Waals surface area (Å²) in [6.07, 6.45) is 2.00. The van der Waals surface area contributed by atoms with Crippen LogP contribution in [0.15, 0.2) is 30.3 Å². The Labute approximate surface area is 133 Å². The highest BCUT2D eigenvalue weighted by molar-refractivity contribution is 7.14. The zero-order valence-corrected chi connectivity index (χ0v) is 13.3. The lowest BCUT2D eigenvalue weighted by Gasteiger charge is -2.22. The average Bonchev–Trinajstić information content (AvgIpc) is 3.14. The van der Waals surface area contributed by atoms with Gasteiger partial charge in [-0.15, -0.1) is 11.3 Å². The van der Waals surface area contributed by atoms with Crippen LogP contribution in [0.3, 0.4) is 0 Å². The maximum Gasteiger partial charge on any atom is 0.264 e. The number of nitrogens with two attached hydrogens (primary N) is 1. The van der Waals surface area contributed by atoms with Crippen LogP contribution in [0.1, 0.15) is 27.4 Å². The lowest BCUT2D eigenvalue weighted by atomic mass is 10.1. The number of likely N-dealkylation sites (tertiary alicyclic amines) is 1. The summed E-state index contributed by atoms with van der Waals surface area (Å²) in [5.74, 6) is -0.190. The van der Waals surface area contributed by atoms with E-state index in [1.807, 2.05) is 17.9 Å².